The van der Waals surface area contributed by atoms with Gasteiger partial charge in [0.2, 0.25) is 5.91 Å². The van der Waals surface area contributed by atoms with Gasteiger partial charge in [-0.15, -0.1) is 0 Å². The molecule has 5 nitrogen and oxygen atoms in total. The normalized spacial score (nSPS) is 13.5. The molecule has 1 fully saturated rings. The molecule has 1 amide bonds. The number of hydrogen-bond acceptors (Lipinski definition) is 4. The minimum absolute atomic E-state index is 0.223. The number of nitrogens with one attached hydrogen (secondary N) is 2. The Hall–Kier alpha value is -2.76. The van der Waals surface area contributed by atoms with Crippen LogP contribution in [0.1, 0.15) is 24.8 Å². The van der Waals surface area contributed by atoms with Gasteiger partial charge >= 0.3 is 0 Å². The summed E-state index contributed by atoms with van der Waals surface area (Å²) in [6.45, 7) is 4.20. The van der Waals surface area contributed by atoms with E-state index in [-0.39, 0.29) is 18.0 Å². The number of aryl methyl sites for hydroxylation is 1. The van der Waals surface area contributed by atoms with Crippen molar-refractivity contribution >= 4 is 23.0 Å². The zero-order chi connectivity index (χ0) is 19.2. The molecule has 0 radical (unpaired) electrons. The molecule has 2 N–H and O–H groups in total. The van der Waals surface area contributed by atoms with Crippen LogP contribution in [-0.2, 0) is 4.79 Å². The fraction of sp³-hybridized carbons (Fsp3) is 0.381. The Morgan fingerprint density at radius 3 is 2.74 bits per heavy atom. The van der Waals surface area contributed by atoms with Crippen LogP contribution < -0.4 is 20.3 Å². The maximum absolute atomic E-state index is 14.3. The number of carbonyl (C=O) groups excluding carboxylic acids is 1. The van der Waals surface area contributed by atoms with Gasteiger partial charge in [0, 0.05) is 26.1 Å². The van der Waals surface area contributed by atoms with Crippen LogP contribution in [0.4, 0.5) is 21.5 Å². The monoisotopic (exact) mass is 371 g/mol. The van der Waals surface area contributed by atoms with E-state index < -0.39 is 5.82 Å². The number of benzene rings is 2. The van der Waals surface area contributed by atoms with E-state index in [1.807, 2.05) is 31.2 Å². The quantitative estimate of drug-likeness (QED) is 0.767. The highest BCUT2D eigenvalue weighted by Gasteiger charge is 2.19. The number of amides is 1. The van der Waals surface area contributed by atoms with Crippen LogP contribution in [0.2, 0.25) is 0 Å². The van der Waals surface area contributed by atoms with Crippen LogP contribution in [0, 0.1) is 12.7 Å². The highest BCUT2D eigenvalue weighted by molar-refractivity contribution is 5.94. The second kappa shape index (κ2) is 8.75. The molecular weight excluding hydrogens is 345 g/mol. The van der Waals surface area contributed by atoms with Gasteiger partial charge in [-0.3, -0.25) is 4.79 Å². The molecule has 1 aliphatic heterocycles. The van der Waals surface area contributed by atoms with Crippen molar-refractivity contribution in [2.24, 2.45) is 0 Å². The number of para-hydroxylation sites is 1. The van der Waals surface area contributed by atoms with Gasteiger partial charge in [0.15, 0.2) is 0 Å². The third-order valence-corrected chi connectivity index (χ3v) is 4.73. The molecule has 0 bridgehead atoms. The second-order valence-electron chi connectivity index (χ2n) is 6.76. The van der Waals surface area contributed by atoms with Gasteiger partial charge in [-0.2, -0.15) is 0 Å². The molecule has 0 aromatic heterocycles. The van der Waals surface area contributed by atoms with E-state index in [9.17, 15) is 9.18 Å². The Balaban J connectivity index is 1.61. The highest BCUT2D eigenvalue weighted by Crippen LogP contribution is 2.31. The second-order valence-corrected chi connectivity index (χ2v) is 6.76. The van der Waals surface area contributed by atoms with Gasteiger partial charge in [0.25, 0.3) is 0 Å². The minimum atomic E-state index is -0.402. The van der Waals surface area contributed by atoms with Crippen molar-refractivity contribution in [2.45, 2.75) is 26.2 Å². The number of nitrogens with zero attached hydrogens (tertiary/aromatic N) is 1. The van der Waals surface area contributed by atoms with E-state index in [4.69, 9.17) is 4.74 Å². The number of methoxy groups -OCH3 is 1. The Labute approximate surface area is 159 Å². The highest BCUT2D eigenvalue weighted by atomic mass is 19.1. The third-order valence-electron chi connectivity index (χ3n) is 4.73. The largest absolute Gasteiger partial charge is 0.495 e. The average Bonchev–Trinajstić information content (AvgIpc) is 3.18. The predicted molar refractivity (Wildman–Crippen MR) is 107 cm³/mol. The summed E-state index contributed by atoms with van der Waals surface area (Å²) >= 11 is 0. The first-order valence-corrected chi connectivity index (χ1v) is 9.30. The summed E-state index contributed by atoms with van der Waals surface area (Å²) < 4.78 is 19.6. The van der Waals surface area contributed by atoms with E-state index in [0.29, 0.717) is 6.54 Å². The molecular formula is C21H26FN3O2. The summed E-state index contributed by atoms with van der Waals surface area (Å²) in [5.74, 6) is 0.104. The van der Waals surface area contributed by atoms with Crippen LogP contribution >= 0.6 is 0 Å². The zero-order valence-corrected chi connectivity index (χ0v) is 15.8. The summed E-state index contributed by atoms with van der Waals surface area (Å²) in [6.07, 6.45) is 2.41. The lowest BCUT2D eigenvalue weighted by molar-refractivity contribution is -0.116. The van der Waals surface area contributed by atoms with Crippen LogP contribution in [0.3, 0.4) is 0 Å². The molecule has 1 saturated heterocycles. The van der Waals surface area contributed by atoms with Gasteiger partial charge < -0.3 is 20.3 Å². The van der Waals surface area contributed by atoms with E-state index in [2.05, 4.69) is 15.5 Å². The molecule has 3 rings (SSSR count). The Morgan fingerprint density at radius 2 is 2.00 bits per heavy atom. The summed E-state index contributed by atoms with van der Waals surface area (Å²) in [6, 6.07) is 10.8. The van der Waals surface area contributed by atoms with Gasteiger partial charge in [0.1, 0.15) is 17.3 Å². The van der Waals surface area contributed by atoms with Crippen molar-refractivity contribution in [3.63, 3.8) is 0 Å². The maximum atomic E-state index is 14.3. The van der Waals surface area contributed by atoms with Crippen LogP contribution in [-0.4, -0.2) is 32.7 Å². The third kappa shape index (κ3) is 4.70. The van der Waals surface area contributed by atoms with Crippen LogP contribution in [0.15, 0.2) is 36.4 Å². The van der Waals surface area contributed by atoms with E-state index in [1.54, 1.807) is 13.2 Å². The minimum Gasteiger partial charge on any atom is -0.495 e. The Morgan fingerprint density at radius 1 is 1.22 bits per heavy atom. The summed E-state index contributed by atoms with van der Waals surface area (Å²) in [4.78, 5) is 14.5. The molecule has 2 aromatic carbocycles. The SMILES string of the molecule is COc1ccc(C)cc1NCCC(=O)Nc1c(F)cccc1N1CCCC1. The van der Waals surface area contributed by atoms with Gasteiger partial charge in [-0.25, -0.2) is 4.39 Å². The van der Waals surface area contributed by atoms with Gasteiger partial charge in [-0.1, -0.05) is 12.1 Å². The molecule has 1 heterocycles. The van der Waals surface area contributed by atoms with Crippen molar-refractivity contribution < 1.29 is 13.9 Å². The first kappa shape index (κ1) is 19.0. The van der Waals surface area contributed by atoms with Crippen molar-refractivity contribution in [3.05, 3.63) is 47.8 Å². The fourth-order valence-corrected chi connectivity index (χ4v) is 3.33. The number of ether oxygens (including phenoxy) is 1. The number of hydrogen-bond donors (Lipinski definition) is 2. The van der Waals surface area contributed by atoms with Crippen LogP contribution in [0.5, 0.6) is 5.75 Å². The summed E-state index contributed by atoms with van der Waals surface area (Å²) in [5.41, 5.74) is 2.98. The molecule has 144 valence electrons. The average molecular weight is 371 g/mol. The summed E-state index contributed by atoms with van der Waals surface area (Å²) in [5, 5.41) is 5.97. The number of carbonyl (C=O) groups is 1. The van der Waals surface area contributed by atoms with Crippen LogP contribution in [0.25, 0.3) is 0 Å². The molecule has 1 aliphatic rings. The van der Waals surface area contributed by atoms with Gasteiger partial charge in [0.05, 0.1) is 18.5 Å². The molecule has 0 atom stereocenters. The number of halogens is 1. The molecule has 27 heavy (non-hydrogen) atoms. The molecule has 0 aliphatic carbocycles. The first-order valence-electron chi connectivity index (χ1n) is 9.30. The lowest BCUT2D eigenvalue weighted by atomic mass is 10.2. The van der Waals surface area contributed by atoms with Crippen molar-refractivity contribution in [1.82, 2.24) is 0 Å². The van der Waals surface area contributed by atoms with Crippen molar-refractivity contribution in [1.29, 1.82) is 0 Å². The lowest BCUT2D eigenvalue weighted by Gasteiger charge is -2.22. The van der Waals surface area contributed by atoms with Crippen molar-refractivity contribution in [3.8, 4) is 5.75 Å². The van der Waals surface area contributed by atoms with E-state index in [0.717, 1.165) is 48.6 Å². The molecule has 0 spiro atoms. The Bertz CT molecular complexity index is 804. The van der Waals surface area contributed by atoms with E-state index >= 15 is 0 Å². The standard InChI is InChI=1S/C21H26FN3O2/c1-15-8-9-19(27-2)17(14-15)23-11-10-20(26)24-21-16(22)6-5-7-18(21)25-12-3-4-13-25/h5-9,14,23H,3-4,10-13H2,1-2H3,(H,24,26). The van der Waals surface area contributed by atoms with Gasteiger partial charge in [-0.05, 0) is 49.6 Å². The number of anilines is 3. The van der Waals surface area contributed by atoms with E-state index in [1.165, 1.54) is 6.07 Å². The first-order chi connectivity index (χ1) is 13.1. The molecule has 0 saturated carbocycles. The molecule has 2 aromatic rings. The molecule has 6 heteroatoms. The van der Waals surface area contributed by atoms with Crippen molar-refractivity contribution in [2.75, 3.05) is 42.3 Å². The number of rotatable bonds is 7. The predicted octanol–water partition coefficient (Wildman–Crippen LogP) is 4.18. The summed E-state index contributed by atoms with van der Waals surface area (Å²) in [7, 11) is 1.61. The Kier molecular flexibility index (Phi) is 6.16. The fourth-order valence-electron chi connectivity index (χ4n) is 3.33. The molecule has 0 unspecified atom stereocenters. The topological polar surface area (TPSA) is 53.6 Å². The maximum Gasteiger partial charge on any atom is 0.226 e. The lowest BCUT2D eigenvalue weighted by Crippen LogP contribution is -2.23. The smallest absolute Gasteiger partial charge is 0.226 e. The zero-order valence-electron chi connectivity index (χ0n) is 15.8.